The van der Waals surface area contributed by atoms with Crippen LogP contribution in [0.2, 0.25) is 0 Å². The van der Waals surface area contributed by atoms with Crippen LogP contribution in [0.15, 0.2) is 0 Å². The summed E-state index contributed by atoms with van der Waals surface area (Å²) in [5, 5.41) is 8.62. The Morgan fingerprint density at radius 3 is 2.20 bits per heavy atom. The van der Waals surface area contributed by atoms with Gasteiger partial charge < -0.3 is 10.0 Å². The fourth-order valence-electron chi connectivity index (χ4n) is 0.661. The summed E-state index contributed by atoms with van der Waals surface area (Å²) in [5.41, 5.74) is 0. The Bertz CT molecular complexity index is 134. The maximum absolute atomic E-state index is 10.5. The Kier molecular flexibility index (Phi) is 3.31. The SMILES string of the molecule is CN(C)CC(C)(Br)C(=O)O. The van der Waals surface area contributed by atoms with E-state index in [0.717, 1.165) is 0 Å². The Labute approximate surface area is 69.1 Å². The summed E-state index contributed by atoms with van der Waals surface area (Å²) in [4.78, 5) is 12.3. The van der Waals surface area contributed by atoms with Gasteiger partial charge in [0.2, 0.25) is 0 Å². The number of carboxylic acids is 1. The van der Waals surface area contributed by atoms with Crippen LogP contribution in [0.3, 0.4) is 0 Å². The molecule has 1 unspecified atom stereocenters. The summed E-state index contributed by atoms with van der Waals surface area (Å²) in [5.74, 6) is -0.832. The van der Waals surface area contributed by atoms with Gasteiger partial charge in [-0.05, 0) is 21.0 Å². The lowest BCUT2D eigenvalue weighted by atomic mass is 10.2. The van der Waals surface area contributed by atoms with E-state index in [0.29, 0.717) is 6.54 Å². The van der Waals surface area contributed by atoms with Crippen LogP contribution in [-0.4, -0.2) is 40.9 Å². The van der Waals surface area contributed by atoms with Crippen LogP contribution in [0.1, 0.15) is 6.92 Å². The van der Waals surface area contributed by atoms with Crippen LogP contribution >= 0.6 is 15.9 Å². The van der Waals surface area contributed by atoms with E-state index in [1.165, 1.54) is 0 Å². The molecule has 1 atom stereocenters. The maximum atomic E-state index is 10.5. The first-order valence-electron chi connectivity index (χ1n) is 2.93. The number of nitrogens with zero attached hydrogens (tertiary/aromatic N) is 1. The van der Waals surface area contributed by atoms with Gasteiger partial charge in [-0.15, -0.1) is 0 Å². The molecule has 0 rings (SSSR count). The van der Waals surface area contributed by atoms with Crippen molar-refractivity contribution in [2.45, 2.75) is 11.2 Å². The molecule has 0 aromatic rings. The van der Waals surface area contributed by atoms with E-state index in [2.05, 4.69) is 15.9 Å². The van der Waals surface area contributed by atoms with Crippen LogP contribution in [0.5, 0.6) is 0 Å². The molecule has 0 bridgehead atoms. The first-order chi connectivity index (χ1) is 4.36. The summed E-state index contributed by atoms with van der Waals surface area (Å²) in [6.07, 6.45) is 0. The average molecular weight is 210 g/mol. The van der Waals surface area contributed by atoms with Gasteiger partial charge in [0, 0.05) is 6.54 Å². The monoisotopic (exact) mass is 209 g/mol. The first kappa shape index (κ1) is 9.91. The molecule has 3 nitrogen and oxygen atoms in total. The number of hydrogen-bond donors (Lipinski definition) is 1. The van der Waals surface area contributed by atoms with E-state index >= 15 is 0 Å². The van der Waals surface area contributed by atoms with Crippen molar-refractivity contribution in [1.82, 2.24) is 4.90 Å². The van der Waals surface area contributed by atoms with Crippen molar-refractivity contribution in [2.75, 3.05) is 20.6 Å². The highest BCUT2D eigenvalue weighted by Gasteiger charge is 2.29. The Morgan fingerprint density at radius 2 is 2.10 bits per heavy atom. The van der Waals surface area contributed by atoms with E-state index in [4.69, 9.17) is 5.11 Å². The standard InChI is InChI=1S/C6H12BrNO2/c1-6(7,5(9)10)4-8(2)3/h4H2,1-3H3,(H,9,10). The second-order valence-electron chi connectivity index (χ2n) is 2.74. The fraction of sp³-hybridized carbons (Fsp3) is 0.833. The number of rotatable bonds is 3. The number of carboxylic acid groups (broad SMARTS) is 1. The van der Waals surface area contributed by atoms with Crippen LogP contribution in [-0.2, 0) is 4.79 Å². The summed E-state index contributed by atoms with van der Waals surface area (Å²) in [6, 6.07) is 0. The number of halogens is 1. The predicted octanol–water partition coefficient (Wildman–Crippen LogP) is 0.786. The predicted molar refractivity (Wildman–Crippen MR) is 43.5 cm³/mol. The Hall–Kier alpha value is -0.0900. The van der Waals surface area contributed by atoms with Crippen molar-refractivity contribution in [3.8, 4) is 0 Å². The molecule has 0 fully saturated rings. The molecule has 0 radical (unpaired) electrons. The highest BCUT2D eigenvalue weighted by molar-refractivity contribution is 9.10. The lowest BCUT2D eigenvalue weighted by molar-refractivity contribution is -0.139. The summed E-state index contributed by atoms with van der Waals surface area (Å²) in [7, 11) is 3.67. The number of alkyl halides is 1. The van der Waals surface area contributed by atoms with E-state index in [1.807, 2.05) is 19.0 Å². The van der Waals surface area contributed by atoms with Crippen molar-refractivity contribution in [1.29, 1.82) is 0 Å². The second kappa shape index (κ2) is 3.34. The van der Waals surface area contributed by atoms with E-state index in [9.17, 15) is 4.79 Å². The average Bonchev–Trinajstić information content (AvgIpc) is 1.60. The van der Waals surface area contributed by atoms with Crippen molar-refractivity contribution in [2.24, 2.45) is 0 Å². The molecule has 10 heavy (non-hydrogen) atoms. The smallest absolute Gasteiger partial charge is 0.321 e. The van der Waals surface area contributed by atoms with E-state index < -0.39 is 10.3 Å². The van der Waals surface area contributed by atoms with Crippen LogP contribution in [0.25, 0.3) is 0 Å². The van der Waals surface area contributed by atoms with Crippen LogP contribution in [0.4, 0.5) is 0 Å². The zero-order valence-corrected chi connectivity index (χ0v) is 7.97. The Morgan fingerprint density at radius 1 is 1.70 bits per heavy atom. The molecule has 0 saturated carbocycles. The molecule has 0 saturated heterocycles. The van der Waals surface area contributed by atoms with Crippen LogP contribution in [0, 0.1) is 0 Å². The van der Waals surface area contributed by atoms with Gasteiger partial charge in [0.05, 0.1) is 0 Å². The number of carbonyl (C=O) groups is 1. The number of aliphatic carboxylic acids is 1. The van der Waals surface area contributed by atoms with Crippen molar-refractivity contribution in [3.05, 3.63) is 0 Å². The van der Waals surface area contributed by atoms with Gasteiger partial charge in [0.25, 0.3) is 0 Å². The van der Waals surface area contributed by atoms with Gasteiger partial charge in [0.15, 0.2) is 0 Å². The lowest BCUT2D eigenvalue weighted by Crippen LogP contribution is -2.38. The molecule has 1 N–H and O–H groups in total. The Balaban J connectivity index is 4.00. The molecule has 0 spiro atoms. The summed E-state index contributed by atoms with van der Waals surface area (Å²) in [6.45, 7) is 2.12. The summed E-state index contributed by atoms with van der Waals surface area (Å²) >= 11 is 3.11. The molecule has 0 aliphatic heterocycles. The zero-order chi connectivity index (χ0) is 8.36. The quantitative estimate of drug-likeness (QED) is 0.700. The molecule has 0 amide bonds. The molecular weight excluding hydrogens is 198 g/mol. The molecule has 0 aromatic heterocycles. The minimum Gasteiger partial charge on any atom is -0.480 e. The van der Waals surface area contributed by atoms with Crippen molar-refractivity contribution >= 4 is 21.9 Å². The molecule has 0 aromatic carbocycles. The maximum Gasteiger partial charge on any atom is 0.321 e. The third-order valence-electron chi connectivity index (χ3n) is 1.06. The van der Waals surface area contributed by atoms with Crippen molar-refractivity contribution in [3.63, 3.8) is 0 Å². The molecule has 4 heteroatoms. The van der Waals surface area contributed by atoms with E-state index in [-0.39, 0.29) is 0 Å². The molecule has 0 heterocycles. The molecule has 0 aliphatic rings. The number of hydrogen-bond acceptors (Lipinski definition) is 2. The third kappa shape index (κ3) is 3.17. The lowest BCUT2D eigenvalue weighted by Gasteiger charge is -2.21. The molecular formula is C6H12BrNO2. The fourth-order valence-corrected chi connectivity index (χ4v) is 1.16. The zero-order valence-electron chi connectivity index (χ0n) is 6.39. The van der Waals surface area contributed by atoms with Gasteiger partial charge in [-0.1, -0.05) is 15.9 Å². The molecule has 60 valence electrons. The first-order valence-corrected chi connectivity index (χ1v) is 3.72. The van der Waals surface area contributed by atoms with Gasteiger partial charge in [-0.2, -0.15) is 0 Å². The van der Waals surface area contributed by atoms with E-state index in [1.54, 1.807) is 6.92 Å². The van der Waals surface area contributed by atoms with Gasteiger partial charge in [0.1, 0.15) is 4.32 Å². The molecule has 0 aliphatic carbocycles. The second-order valence-corrected chi connectivity index (χ2v) is 4.49. The van der Waals surface area contributed by atoms with Gasteiger partial charge >= 0.3 is 5.97 Å². The topological polar surface area (TPSA) is 40.5 Å². The highest BCUT2D eigenvalue weighted by Crippen LogP contribution is 2.17. The minimum absolute atomic E-state index is 0.488. The third-order valence-corrected chi connectivity index (χ3v) is 1.65. The largest absolute Gasteiger partial charge is 0.480 e. The van der Waals surface area contributed by atoms with Crippen LogP contribution < -0.4 is 0 Å². The van der Waals surface area contributed by atoms with Gasteiger partial charge in [-0.3, -0.25) is 4.79 Å². The highest BCUT2D eigenvalue weighted by atomic mass is 79.9. The normalized spacial score (nSPS) is 16.9. The summed E-state index contributed by atoms with van der Waals surface area (Å²) < 4.78 is -0.823. The van der Waals surface area contributed by atoms with Crippen molar-refractivity contribution < 1.29 is 9.90 Å². The minimum atomic E-state index is -0.832. The van der Waals surface area contributed by atoms with Gasteiger partial charge in [-0.25, -0.2) is 0 Å².